The lowest BCUT2D eigenvalue weighted by molar-refractivity contribution is -0.121. The first-order valence-electron chi connectivity index (χ1n) is 10.4. The van der Waals surface area contributed by atoms with Crippen LogP contribution in [-0.2, 0) is 4.79 Å². The Labute approximate surface area is 176 Å². The van der Waals surface area contributed by atoms with Crippen molar-refractivity contribution in [2.24, 2.45) is 0 Å². The van der Waals surface area contributed by atoms with E-state index >= 15 is 0 Å². The average molecular weight is 411 g/mol. The number of carbonyl (C=O) groups is 1. The van der Waals surface area contributed by atoms with Gasteiger partial charge in [-0.2, -0.15) is 0 Å². The molecule has 0 saturated carbocycles. The number of aromatic nitrogens is 2. The van der Waals surface area contributed by atoms with E-state index in [1.807, 2.05) is 47.1 Å². The Hall–Kier alpha value is -2.37. The number of halogens is 1. The van der Waals surface area contributed by atoms with E-state index < -0.39 is 0 Å². The van der Waals surface area contributed by atoms with E-state index in [1.165, 1.54) is 19.3 Å². The Bertz CT molecular complexity index is 950. The summed E-state index contributed by atoms with van der Waals surface area (Å²) in [5.74, 6) is -0.0208. The zero-order valence-corrected chi connectivity index (χ0v) is 17.3. The summed E-state index contributed by atoms with van der Waals surface area (Å²) in [5.41, 5.74) is 2.90. The Kier molecular flexibility index (Phi) is 6.47. The highest BCUT2D eigenvalue weighted by Crippen LogP contribution is 2.29. The Morgan fingerprint density at radius 2 is 1.90 bits per heavy atom. The van der Waals surface area contributed by atoms with Gasteiger partial charge in [-0.25, -0.2) is 4.98 Å². The lowest BCUT2D eigenvalue weighted by Gasteiger charge is -2.26. The summed E-state index contributed by atoms with van der Waals surface area (Å²) in [6, 6.07) is 13.9. The lowest BCUT2D eigenvalue weighted by Crippen LogP contribution is -2.38. The van der Waals surface area contributed by atoms with Gasteiger partial charge < -0.3 is 14.6 Å². The Morgan fingerprint density at radius 3 is 2.69 bits per heavy atom. The molecule has 1 aliphatic rings. The maximum atomic E-state index is 12.8. The van der Waals surface area contributed by atoms with Crippen molar-refractivity contribution in [3.05, 3.63) is 71.1 Å². The van der Waals surface area contributed by atoms with Gasteiger partial charge in [0.1, 0.15) is 5.65 Å². The van der Waals surface area contributed by atoms with E-state index in [-0.39, 0.29) is 11.8 Å². The van der Waals surface area contributed by atoms with Crippen molar-refractivity contribution in [3.8, 4) is 0 Å². The van der Waals surface area contributed by atoms with Crippen molar-refractivity contribution in [1.82, 2.24) is 19.6 Å². The maximum absolute atomic E-state index is 12.8. The van der Waals surface area contributed by atoms with Crippen LogP contribution in [0.15, 0.2) is 54.9 Å². The minimum Gasteiger partial charge on any atom is -0.355 e. The van der Waals surface area contributed by atoms with Crippen molar-refractivity contribution < 1.29 is 4.79 Å². The molecule has 1 N–H and O–H groups in total. The van der Waals surface area contributed by atoms with Crippen LogP contribution in [0.1, 0.15) is 42.9 Å². The van der Waals surface area contributed by atoms with E-state index in [1.54, 1.807) is 0 Å². The predicted octanol–water partition coefficient (Wildman–Crippen LogP) is 4.11. The number of fused-ring (bicyclic) bond motifs is 1. The standard InChI is InChI=1S/C23H27ClN4O/c24-19-9-10-22-26-16-21(28(22)17-19)20(18-7-3-1-4-8-18)15-23(29)25-11-14-27-12-5-2-6-13-27/h1,3-4,7-10,16-17,20H,2,5-6,11-15H2,(H,25,29). The summed E-state index contributed by atoms with van der Waals surface area (Å²) >= 11 is 6.21. The third kappa shape index (κ3) is 4.98. The quantitative estimate of drug-likeness (QED) is 0.637. The number of piperidine rings is 1. The number of pyridine rings is 1. The first-order chi connectivity index (χ1) is 14.2. The van der Waals surface area contributed by atoms with Crippen molar-refractivity contribution >= 4 is 23.2 Å². The molecule has 0 radical (unpaired) electrons. The van der Waals surface area contributed by atoms with Gasteiger partial charge in [0.15, 0.2) is 0 Å². The number of nitrogens with zero attached hydrogens (tertiary/aromatic N) is 3. The number of hydrogen-bond donors (Lipinski definition) is 1. The SMILES string of the molecule is O=C(CC(c1ccccc1)c1cnc2ccc(Cl)cn12)NCCN1CCCCC1. The second-order valence-corrected chi connectivity index (χ2v) is 8.11. The highest BCUT2D eigenvalue weighted by Gasteiger charge is 2.22. The number of likely N-dealkylation sites (tertiary alicyclic amines) is 1. The fraction of sp³-hybridized carbons (Fsp3) is 0.391. The second kappa shape index (κ2) is 9.42. The number of imidazole rings is 1. The van der Waals surface area contributed by atoms with Crippen LogP contribution in [0.25, 0.3) is 5.65 Å². The van der Waals surface area contributed by atoms with Crippen molar-refractivity contribution in [1.29, 1.82) is 0 Å². The van der Waals surface area contributed by atoms with E-state index in [0.717, 1.165) is 36.5 Å². The molecule has 0 spiro atoms. The molecule has 3 aromatic rings. The molecule has 1 amide bonds. The van der Waals surface area contributed by atoms with Crippen molar-refractivity contribution in [2.45, 2.75) is 31.6 Å². The summed E-state index contributed by atoms with van der Waals surface area (Å²) in [6.07, 6.45) is 7.95. The smallest absolute Gasteiger partial charge is 0.221 e. The van der Waals surface area contributed by atoms with Gasteiger partial charge in [-0.1, -0.05) is 48.4 Å². The zero-order chi connectivity index (χ0) is 20.1. The van der Waals surface area contributed by atoms with E-state index in [0.29, 0.717) is 18.0 Å². The van der Waals surface area contributed by atoms with Gasteiger partial charge in [0.05, 0.1) is 10.7 Å². The van der Waals surface area contributed by atoms with Crippen molar-refractivity contribution in [3.63, 3.8) is 0 Å². The largest absolute Gasteiger partial charge is 0.355 e. The maximum Gasteiger partial charge on any atom is 0.221 e. The molecular weight excluding hydrogens is 384 g/mol. The van der Waals surface area contributed by atoms with Gasteiger partial charge in [-0.15, -0.1) is 0 Å². The molecule has 6 heteroatoms. The number of rotatable bonds is 7. The summed E-state index contributed by atoms with van der Waals surface area (Å²) < 4.78 is 1.99. The molecule has 0 aliphatic carbocycles. The van der Waals surface area contributed by atoms with Gasteiger partial charge in [-0.05, 0) is 43.6 Å². The van der Waals surface area contributed by atoms with Crippen LogP contribution >= 0.6 is 11.6 Å². The minimum atomic E-state index is -0.0837. The summed E-state index contributed by atoms with van der Waals surface area (Å²) in [4.78, 5) is 19.7. The van der Waals surface area contributed by atoms with Gasteiger partial charge in [-0.3, -0.25) is 4.79 Å². The molecule has 3 heterocycles. The normalized spacial score (nSPS) is 16.0. The molecule has 4 rings (SSSR count). The monoisotopic (exact) mass is 410 g/mol. The number of hydrogen-bond acceptors (Lipinski definition) is 3. The lowest BCUT2D eigenvalue weighted by atomic mass is 9.92. The molecule has 1 atom stereocenters. The molecule has 1 aromatic carbocycles. The van der Waals surface area contributed by atoms with Gasteiger partial charge in [0.25, 0.3) is 0 Å². The molecule has 29 heavy (non-hydrogen) atoms. The second-order valence-electron chi connectivity index (χ2n) is 7.68. The van der Waals surface area contributed by atoms with Gasteiger partial charge >= 0.3 is 0 Å². The van der Waals surface area contributed by atoms with Gasteiger partial charge in [0.2, 0.25) is 5.91 Å². The molecule has 5 nitrogen and oxygen atoms in total. The van der Waals surface area contributed by atoms with E-state index in [2.05, 4.69) is 27.3 Å². The molecule has 1 unspecified atom stereocenters. The fourth-order valence-corrected chi connectivity index (χ4v) is 4.26. The molecule has 2 aromatic heterocycles. The van der Waals surface area contributed by atoms with Crippen LogP contribution in [0.4, 0.5) is 0 Å². The number of amides is 1. The van der Waals surface area contributed by atoms with Crippen LogP contribution < -0.4 is 5.32 Å². The van der Waals surface area contributed by atoms with Crippen LogP contribution in [0, 0.1) is 0 Å². The molecular formula is C23H27ClN4O. The first-order valence-corrected chi connectivity index (χ1v) is 10.7. The van der Waals surface area contributed by atoms with Crippen LogP contribution in [0.5, 0.6) is 0 Å². The minimum absolute atomic E-state index is 0.0628. The predicted molar refractivity (Wildman–Crippen MR) is 116 cm³/mol. The number of benzene rings is 1. The molecule has 1 saturated heterocycles. The zero-order valence-electron chi connectivity index (χ0n) is 16.6. The van der Waals surface area contributed by atoms with Gasteiger partial charge in [0, 0.05) is 37.8 Å². The van der Waals surface area contributed by atoms with E-state index in [9.17, 15) is 4.79 Å². The Morgan fingerprint density at radius 1 is 1.10 bits per heavy atom. The molecule has 152 valence electrons. The highest BCUT2D eigenvalue weighted by atomic mass is 35.5. The average Bonchev–Trinajstić information content (AvgIpc) is 3.16. The van der Waals surface area contributed by atoms with E-state index in [4.69, 9.17) is 11.6 Å². The van der Waals surface area contributed by atoms with Crippen LogP contribution in [-0.4, -0.2) is 46.4 Å². The van der Waals surface area contributed by atoms with Crippen LogP contribution in [0.3, 0.4) is 0 Å². The first kappa shape index (κ1) is 19.9. The van der Waals surface area contributed by atoms with Crippen LogP contribution in [0.2, 0.25) is 5.02 Å². The summed E-state index contributed by atoms with van der Waals surface area (Å²) in [5, 5.41) is 3.76. The Balaban J connectivity index is 1.49. The number of carbonyl (C=O) groups excluding carboxylic acids is 1. The molecule has 0 bridgehead atoms. The third-order valence-corrected chi connectivity index (χ3v) is 5.87. The van der Waals surface area contributed by atoms with Crippen molar-refractivity contribution in [2.75, 3.05) is 26.2 Å². The summed E-state index contributed by atoms with van der Waals surface area (Å²) in [6.45, 7) is 3.91. The topological polar surface area (TPSA) is 49.6 Å². The third-order valence-electron chi connectivity index (χ3n) is 5.65. The highest BCUT2D eigenvalue weighted by molar-refractivity contribution is 6.30. The number of nitrogens with one attached hydrogen (secondary N) is 1. The molecule has 1 aliphatic heterocycles. The summed E-state index contributed by atoms with van der Waals surface area (Å²) in [7, 11) is 0. The molecule has 1 fully saturated rings. The fourth-order valence-electron chi connectivity index (χ4n) is 4.10.